The van der Waals surface area contributed by atoms with Gasteiger partial charge >= 0.3 is 0 Å². The molecule has 0 amide bonds. The van der Waals surface area contributed by atoms with Gasteiger partial charge in [-0.25, -0.2) is 0 Å². The van der Waals surface area contributed by atoms with Crippen molar-refractivity contribution in [2.24, 2.45) is 0 Å². The predicted molar refractivity (Wildman–Crippen MR) is 52.3 cm³/mol. The molecule has 0 spiro atoms. The van der Waals surface area contributed by atoms with Crippen molar-refractivity contribution in [3.05, 3.63) is 12.7 Å². The summed E-state index contributed by atoms with van der Waals surface area (Å²) in [6, 6.07) is 2.90. The topological polar surface area (TPSA) is 0 Å². The van der Waals surface area contributed by atoms with E-state index in [1.807, 2.05) is 0 Å². The van der Waals surface area contributed by atoms with Crippen LogP contribution in [0.15, 0.2) is 12.7 Å². The van der Waals surface area contributed by atoms with Crippen LogP contribution in [0.5, 0.6) is 0 Å². The molecule has 1 atom stereocenters. The Morgan fingerprint density at radius 3 is 2.20 bits per heavy atom. The van der Waals surface area contributed by atoms with Crippen molar-refractivity contribution < 1.29 is 0 Å². The van der Waals surface area contributed by atoms with E-state index in [1.54, 1.807) is 0 Å². The summed E-state index contributed by atoms with van der Waals surface area (Å²) in [5.74, 6) is 0. The summed E-state index contributed by atoms with van der Waals surface area (Å²) in [4.78, 5) is 0. The third kappa shape index (κ3) is 3.21. The van der Waals surface area contributed by atoms with Crippen LogP contribution in [0.3, 0.4) is 0 Å². The molecule has 1 heteroatoms. The molecule has 0 aromatic heterocycles. The molecule has 0 aliphatic carbocycles. The Bertz CT molecular complexity index is 84.7. The van der Waals surface area contributed by atoms with E-state index < -0.39 is 0 Å². The van der Waals surface area contributed by atoms with Gasteiger partial charge in [-0.05, 0) is 12.0 Å². The van der Waals surface area contributed by atoms with E-state index in [1.165, 1.54) is 18.5 Å². The lowest BCUT2D eigenvalue weighted by atomic mass is 10.3. The van der Waals surface area contributed by atoms with Gasteiger partial charge in [0, 0.05) is 8.80 Å². The molecular weight excluding hydrogens is 136 g/mol. The first kappa shape index (κ1) is 9.96. The van der Waals surface area contributed by atoms with Crippen LogP contribution in [0.2, 0.25) is 17.6 Å². The van der Waals surface area contributed by atoms with Gasteiger partial charge in [-0.1, -0.05) is 38.9 Å². The standard InChI is InChI=1S/C9H20Si/c1-5-8-9(4)10(6-2)7-3/h5,9-10H,1,6-8H2,2-4H3. The normalized spacial score (nSPS) is 13.6. The van der Waals surface area contributed by atoms with Gasteiger partial charge in [0.05, 0.1) is 0 Å². The van der Waals surface area contributed by atoms with Crippen LogP contribution in [-0.2, 0) is 0 Å². The van der Waals surface area contributed by atoms with E-state index in [-0.39, 0.29) is 8.80 Å². The Balaban J connectivity index is 3.63. The molecule has 60 valence electrons. The second kappa shape index (κ2) is 5.72. The van der Waals surface area contributed by atoms with E-state index in [4.69, 9.17) is 0 Å². The van der Waals surface area contributed by atoms with Crippen molar-refractivity contribution in [2.45, 2.75) is 44.8 Å². The quantitative estimate of drug-likeness (QED) is 0.423. The summed E-state index contributed by atoms with van der Waals surface area (Å²) < 4.78 is 0. The van der Waals surface area contributed by atoms with Crippen LogP contribution >= 0.6 is 0 Å². The number of rotatable bonds is 5. The molecule has 0 aliphatic rings. The summed E-state index contributed by atoms with van der Waals surface area (Å²) in [6.07, 6.45) is 3.30. The monoisotopic (exact) mass is 156 g/mol. The maximum Gasteiger partial charge on any atom is 0.0393 e. The van der Waals surface area contributed by atoms with Crippen LogP contribution in [0.4, 0.5) is 0 Å². The SMILES string of the molecule is C=CCC(C)[SiH](CC)CC. The number of hydrogen-bond donors (Lipinski definition) is 0. The zero-order valence-corrected chi connectivity index (χ0v) is 8.72. The van der Waals surface area contributed by atoms with Crippen molar-refractivity contribution in [2.75, 3.05) is 0 Å². The zero-order chi connectivity index (χ0) is 7.98. The Hall–Kier alpha value is -0.0431. The fourth-order valence-corrected chi connectivity index (χ4v) is 4.31. The van der Waals surface area contributed by atoms with Gasteiger partial charge in [-0.15, -0.1) is 6.58 Å². The molecule has 0 saturated heterocycles. The Morgan fingerprint density at radius 2 is 1.90 bits per heavy atom. The molecule has 1 unspecified atom stereocenters. The van der Waals surface area contributed by atoms with Crippen LogP contribution in [0, 0.1) is 0 Å². The second-order valence-corrected chi connectivity index (χ2v) is 7.37. The fourth-order valence-electron chi connectivity index (χ4n) is 1.55. The molecule has 10 heavy (non-hydrogen) atoms. The molecule has 0 nitrogen and oxygen atoms in total. The van der Waals surface area contributed by atoms with Crippen molar-refractivity contribution in [1.29, 1.82) is 0 Å². The van der Waals surface area contributed by atoms with Gasteiger partial charge in [-0.2, -0.15) is 0 Å². The highest BCUT2D eigenvalue weighted by molar-refractivity contribution is 6.60. The van der Waals surface area contributed by atoms with Crippen LogP contribution < -0.4 is 0 Å². The third-order valence-electron chi connectivity index (χ3n) is 2.39. The molecule has 0 aromatic rings. The van der Waals surface area contributed by atoms with Gasteiger partial charge in [0.2, 0.25) is 0 Å². The highest BCUT2D eigenvalue weighted by Gasteiger charge is 2.12. The first-order valence-corrected chi connectivity index (χ1v) is 6.67. The van der Waals surface area contributed by atoms with E-state index in [2.05, 4.69) is 33.4 Å². The average Bonchev–Trinajstić information content (AvgIpc) is 1.91. The number of hydrogen-bond acceptors (Lipinski definition) is 0. The lowest BCUT2D eigenvalue weighted by Gasteiger charge is -2.17. The Labute approximate surface area is 66.9 Å². The molecule has 0 saturated carbocycles. The van der Waals surface area contributed by atoms with Crippen molar-refractivity contribution in [3.8, 4) is 0 Å². The van der Waals surface area contributed by atoms with Gasteiger partial charge in [-0.3, -0.25) is 0 Å². The van der Waals surface area contributed by atoms with E-state index >= 15 is 0 Å². The summed E-state index contributed by atoms with van der Waals surface area (Å²) in [5, 5.41) is 0. The third-order valence-corrected chi connectivity index (χ3v) is 6.37. The average molecular weight is 156 g/mol. The Morgan fingerprint density at radius 1 is 1.40 bits per heavy atom. The molecule has 0 heterocycles. The van der Waals surface area contributed by atoms with Crippen molar-refractivity contribution >= 4 is 8.80 Å². The molecule has 0 radical (unpaired) electrons. The fraction of sp³-hybridized carbons (Fsp3) is 0.778. The molecule has 0 aromatic carbocycles. The van der Waals surface area contributed by atoms with E-state index in [0.29, 0.717) is 0 Å². The summed E-state index contributed by atoms with van der Waals surface area (Å²) >= 11 is 0. The highest BCUT2D eigenvalue weighted by Crippen LogP contribution is 2.20. The van der Waals surface area contributed by atoms with Crippen molar-refractivity contribution in [3.63, 3.8) is 0 Å². The lowest BCUT2D eigenvalue weighted by molar-refractivity contribution is 0.905. The Kier molecular flexibility index (Phi) is 5.70. The van der Waals surface area contributed by atoms with Crippen molar-refractivity contribution in [1.82, 2.24) is 0 Å². The van der Waals surface area contributed by atoms with Gasteiger partial charge < -0.3 is 0 Å². The molecule has 0 N–H and O–H groups in total. The predicted octanol–water partition coefficient (Wildman–Crippen LogP) is 3.22. The maximum absolute atomic E-state index is 3.77. The minimum atomic E-state index is -0.375. The second-order valence-electron chi connectivity index (χ2n) is 3.08. The minimum absolute atomic E-state index is 0.375. The molecule has 0 fully saturated rings. The highest BCUT2D eigenvalue weighted by atomic mass is 28.3. The number of allylic oxidation sites excluding steroid dienone is 1. The summed E-state index contributed by atoms with van der Waals surface area (Å²) in [6.45, 7) is 10.8. The smallest absolute Gasteiger partial charge is 0.0393 e. The summed E-state index contributed by atoms with van der Waals surface area (Å²) in [7, 11) is -0.375. The maximum atomic E-state index is 3.77. The first-order valence-electron chi connectivity index (χ1n) is 4.37. The van der Waals surface area contributed by atoms with Crippen LogP contribution in [0.1, 0.15) is 27.2 Å². The molecule has 0 rings (SSSR count). The minimum Gasteiger partial charge on any atom is -0.103 e. The summed E-state index contributed by atoms with van der Waals surface area (Å²) in [5.41, 5.74) is 0.965. The van der Waals surface area contributed by atoms with Crippen LogP contribution in [0.25, 0.3) is 0 Å². The lowest BCUT2D eigenvalue weighted by Crippen LogP contribution is -2.15. The van der Waals surface area contributed by atoms with Crippen LogP contribution in [-0.4, -0.2) is 8.80 Å². The molecular formula is C9H20Si. The molecule has 0 aliphatic heterocycles. The molecule has 0 bridgehead atoms. The van der Waals surface area contributed by atoms with E-state index in [0.717, 1.165) is 5.54 Å². The van der Waals surface area contributed by atoms with Gasteiger partial charge in [0.1, 0.15) is 0 Å². The zero-order valence-electron chi connectivity index (χ0n) is 7.56. The largest absolute Gasteiger partial charge is 0.103 e. The first-order chi connectivity index (χ1) is 4.76. The van der Waals surface area contributed by atoms with Gasteiger partial charge in [0.15, 0.2) is 0 Å². The van der Waals surface area contributed by atoms with E-state index in [9.17, 15) is 0 Å². The van der Waals surface area contributed by atoms with Gasteiger partial charge in [0.25, 0.3) is 0 Å².